The van der Waals surface area contributed by atoms with Gasteiger partial charge in [0.05, 0.1) is 17.3 Å². The quantitative estimate of drug-likeness (QED) is 0.165. The molecule has 0 aliphatic heterocycles. The number of halogens is 2. The summed E-state index contributed by atoms with van der Waals surface area (Å²) in [6.45, 7) is 0.387. The van der Waals surface area contributed by atoms with Crippen LogP contribution in [0.1, 0.15) is 27.0 Å². The second-order valence-electron chi connectivity index (χ2n) is 8.02. The van der Waals surface area contributed by atoms with Gasteiger partial charge in [0, 0.05) is 22.2 Å². The highest BCUT2D eigenvalue weighted by molar-refractivity contribution is 9.10. The number of ketones is 1. The van der Waals surface area contributed by atoms with E-state index in [0.29, 0.717) is 44.4 Å². The Bertz CT molecular complexity index is 1440. The molecule has 4 aromatic carbocycles. The van der Waals surface area contributed by atoms with Crippen molar-refractivity contribution in [2.24, 2.45) is 0 Å². The SMILES string of the molecule is COc1cc(C=CC(=O)Nc2ccc(Cl)cc2C(=O)c2ccccc2)cc(Br)c1OCc1ccccc1. The monoisotopic (exact) mass is 575 g/mol. The van der Waals surface area contributed by atoms with E-state index in [4.69, 9.17) is 21.1 Å². The van der Waals surface area contributed by atoms with Crippen molar-refractivity contribution in [2.75, 3.05) is 12.4 Å². The van der Waals surface area contributed by atoms with E-state index in [1.54, 1.807) is 61.7 Å². The van der Waals surface area contributed by atoms with Crippen LogP contribution in [0.15, 0.2) is 102 Å². The summed E-state index contributed by atoms with van der Waals surface area (Å²) in [6, 6.07) is 27.0. The minimum absolute atomic E-state index is 0.234. The van der Waals surface area contributed by atoms with Crippen LogP contribution in [0.5, 0.6) is 11.5 Å². The van der Waals surface area contributed by atoms with Gasteiger partial charge in [-0.05, 0) is 63.5 Å². The Labute approximate surface area is 228 Å². The van der Waals surface area contributed by atoms with E-state index in [-0.39, 0.29) is 5.78 Å². The molecule has 186 valence electrons. The number of ether oxygens (including phenoxy) is 2. The number of methoxy groups -OCH3 is 1. The lowest BCUT2D eigenvalue weighted by molar-refractivity contribution is -0.111. The summed E-state index contributed by atoms with van der Waals surface area (Å²) in [7, 11) is 1.56. The van der Waals surface area contributed by atoms with Gasteiger partial charge >= 0.3 is 0 Å². The first kappa shape index (κ1) is 26.2. The van der Waals surface area contributed by atoms with Crippen molar-refractivity contribution in [1.29, 1.82) is 0 Å². The number of anilines is 1. The Morgan fingerprint density at radius 1 is 0.946 bits per heavy atom. The van der Waals surface area contributed by atoms with Crippen LogP contribution in [0.2, 0.25) is 5.02 Å². The van der Waals surface area contributed by atoms with Gasteiger partial charge in [0.15, 0.2) is 17.3 Å². The standard InChI is InChI=1S/C30H23BrClNO4/c1-36-27-17-21(16-25(31)30(27)37-19-20-8-4-2-5-9-20)12-15-28(34)33-26-14-13-23(32)18-24(26)29(35)22-10-6-3-7-11-22/h2-18H,19H2,1H3,(H,33,34). The molecule has 0 aliphatic carbocycles. The Morgan fingerprint density at radius 3 is 2.35 bits per heavy atom. The van der Waals surface area contributed by atoms with Gasteiger partial charge in [-0.3, -0.25) is 9.59 Å². The maximum Gasteiger partial charge on any atom is 0.248 e. The topological polar surface area (TPSA) is 64.6 Å². The minimum atomic E-state index is -0.399. The Morgan fingerprint density at radius 2 is 1.65 bits per heavy atom. The number of rotatable bonds is 9. The maximum absolute atomic E-state index is 13.0. The molecule has 37 heavy (non-hydrogen) atoms. The van der Waals surface area contributed by atoms with Crippen molar-refractivity contribution in [3.8, 4) is 11.5 Å². The van der Waals surface area contributed by atoms with Crippen molar-refractivity contribution in [3.05, 3.63) is 129 Å². The summed E-state index contributed by atoms with van der Waals surface area (Å²) >= 11 is 9.67. The first-order valence-corrected chi connectivity index (χ1v) is 12.5. The highest BCUT2D eigenvalue weighted by Crippen LogP contribution is 2.37. The van der Waals surface area contributed by atoms with Crippen molar-refractivity contribution in [2.45, 2.75) is 6.61 Å². The molecule has 1 amide bonds. The molecule has 0 saturated carbocycles. The fourth-order valence-electron chi connectivity index (χ4n) is 3.61. The predicted molar refractivity (Wildman–Crippen MR) is 150 cm³/mol. The number of benzene rings is 4. The molecule has 0 radical (unpaired) electrons. The van der Waals surface area contributed by atoms with Crippen LogP contribution in [0.4, 0.5) is 5.69 Å². The van der Waals surface area contributed by atoms with Gasteiger partial charge in [0.1, 0.15) is 6.61 Å². The molecule has 4 rings (SSSR count). The molecule has 0 heterocycles. The van der Waals surface area contributed by atoms with Crippen LogP contribution in [-0.4, -0.2) is 18.8 Å². The Balaban J connectivity index is 1.49. The average molecular weight is 577 g/mol. The molecule has 4 aromatic rings. The Kier molecular flexibility index (Phi) is 8.77. The molecule has 0 bridgehead atoms. The van der Waals surface area contributed by atoms with Gasteiger partial charge in [-0.2, -0.15) is 0 Å². The minimum Gasteiger partial charge on any atom is -0.493 e. The molecular formula is C30H23BrClNO4. The number of carbonyl (C=O) groups is 2. The average Bonchev–Trinajstić information content (AvgIpc) is 2.92. The number of amides is 1. The lowest BCUT2D eigenvalue weighted by Gasteiger charge is -2.14. The number of hydrogen-bond donors (Lipinski definition) is 1. The van der Waals surface area contributed by atoms with E-state index < -0.39 is 5.91 Å². The van der Waals surface area contributed by atoms with Crippen molar-refractivity contribution in [3.63, 3.8) is 0 Å². The summed E-state index contributed by atoms with van der Waals surface area (Å²) in [5, 5.41) is 3.18. The molecule has 7 heteroatoms. The van der Waals surface area contributed by atoms with Crippen LogP contribution in [0.25, 0.3) is 6.08 Å². The van der Waals surface area contributed by atoms with Gasteiger partial charge in [-0.1, -0.05) is 72.3 Å². The maximum atomic E-state index is 13.0. The zero-order valence-corrected chi connectivity index (χ0v) is 22.3. The summed E-state index contributed by atoms with van der Waals surface area (Å²) < 4.78 is 12.2. The van der Waals surface area contributed by atoms with Crippen LogP contribution in [0, 0.1) is 0 Å². The lowest BCUT2D eigenvalue weighted by Crippen LogP contribution is -2.12. The van der Waals surface area contributed by atoms with E-state index in [1.807, 2.05) is 42.5 Å². The molecule has 0 saturated heterocycles. The molecule has 0 unspecified atom stereocenters. The predicted octanol–water partition coefficient (Wildman–Crippen LogP) is 7.57. The number of nitrogens with one attached hydrogen (secondary N) is 1. The first-order chi connectivity index (χ1) is 17.9. The fraction of sp³-hybridized carbons (Fsp3) is 0.0667. The zero-order chi connectivity index (χ0) is 26.2. The van der Waals surface area contributed by atoms with Gasteiger partial charge in [0.25, 0.3) is 0 Å². The third-order valence-electron chi connectivity index (χ3n) is 5.43. The Hall–Kier alpha value is -3.87. The lowest BCUT2D eigenvalue weighted by atomic mass is 10.0. The van der Waals surface area contributed by atoms with E-state index in [1.165, 1.54) is 6.08 Å². The smallest absolute Gasteiger partial charge is 0.248 e. The number of hydrogen-bond acceptors (Lipinski definition) is 4. The molecular weight excluding hydrogens is 554 g/mol. The second kappa shape index (κ2) is 12.4. The highest BCUT2D eigenvalue weighted by Gasteiger charge is 2.16. The van der Waals surface area contributed by atoms with E-state index in [9.17, 15) is 9.59 Å². The first-order valence-electron chi connectivity index (χ1n) is 11.4. The van der Waals surface area contributed by atoms with E-state index in [2.05, 4.69) is 21.2 Å². The summed E-state index contributed by atoms with van der Waals surface area (Å²) in [4.78, 5) is 25.7. The van der Waals surface area contributed by atoms with Crippen molar-refractivity contribution >= 4 is 51.0 Å². The van der Waals surface area contributed by atoms with Crippen LogP contribution in [0.3, 0.4) is 0 Å². The van der Waals surface area contributed by atoms with E-state index in [0.717, 1.165) is 11.1 Å². The molecule has 1 N–H and O–H groups in total. The summed E-state index contributed by atoms with van der Waals surface area (Å²) in [6.07, 6.45) is 3.04. The normalized spacial score (nSPS) is 10.8. The molecule has 0 atom stereocenters. The van der Waals surface area contributed by atoms with Gasteiger partial charge in [-0.15, -0.1) is 0 Å². The van der Waals surface area contributed by atoms with Gasteiger partial charge < -0.3 is 14.8 Å². The molecule has 0 fully saturated rings. The molecule has 5 nitrogen and oxygen atoms in total. The highest BCUT2D eigenvalue weighted by atomic mass is 79.9. The third-order valence-corrected chi connectivity index (χ3v) is 6.25. The van der Waals surface area contributed by atoms with Crippen LogP contribution in [-0.2, 0) is 11.4 Å². The molecule has 0 aromatic heterocycles. The molecule has 0 aliphatic rings. The fourth-order valence-corrected chi connectivity index (χ4v) is 4.36. The van der Waals surface area contributed by atoms with Crippen molar-refractivity contribution < 1.29 is 19.1 Å². The molecule has 0 spiro atoms. The summed E-state index contributed by atoms with van der Waals surface area (Å²) in [5.41, 5.74) is 2.94. The van der Waals surface area contributed by atoms with Crippen LogP contribution < -0.4 is 14.8 Å². The summed E-state index contributed by atoms with van der Waals surface area (Å²) in [5.74, 6) is 0.461. The third kappa shape index (κ3) is 6.88. The number of carbonyl (C=O) groups excluding carboxylic acids is 2. The van der Waals surface area contributed by atoms with Crippen LogP contribution >= 0.6 is 27.5 Å². The largest absolute Gasteiger partial charge is 0.493 e. The zero-order valence-electron chi connectivity index (χ0n) is 19.9. The second-order valence-corrected chi connectivity index (χ2v) is 9.31. The van der Waals surface area contributed by atoms with Crippen molar-refractivity contribution in [1.82, 2.24) is 0 Å². The van der Waals surface area contributed by atoms with E-state index >= 15 is 0 Å². The van der Waals surface area contributed by atoms with Gasteiger partial charge in [0.2, 0.25) is 5.91 Å². The van der Waals surface area contributed by atoms with Gasteiger partial charge in [-0.25, -0.2) is 0 Å².